The predicted molar refractivity (Wildman–Crippen MR) is 67.3 cm³/mol. The largest absolute Gasteiger partial charge is 0.464 e. The first-order valence-electron chi connectivity index (χ1n) is 5.35. The number of carbonyl (C=O) groups excluding carboxylic acids is 2. The van der Waals surface area contributed by atoms with Crippen LogP contribution >= 0.6 is 11.6 Å². The summed E-state index contributed by atoms with van der Waals surface area (Å²) in [5, 5.41) is 4.38. The van der Waals surface area contributed by atoms with Gasteiger partial charge in [0.15, 0.2) is 12.0 Å². The number of hydrogen-bond donors (Lipinski definition) is 0. The lowest BCUT2D eigenvalue weighted by Crippen LogP contribution is -2.12. The number of pyridine rings is 1. The molecular weight excluding hydrogens is 270 g/mol. The smallest absolute Gasteiger partial charge is 0.357 e. The van der Waals surface area contributed by atoms with Crippen molar-refractivity contribution in [1.82, 2.24) is 14.8 Å². The molecule has 98 valence electrons. The lowest BCUT2D eigenvalue weighted by Gasteiger charge is -2.08. The molecule has 2 aromatic rings. The number of ether oxygens (including phenoxy) is 1. The van der Waals surface area contributed by atoms with Crippen LogP contribution in [0.15, 0.2) is 24.7 Å². The van der Waals surface area contributed by atoms with Crippen molar-refractivity contribution in [1.29, 1.82) is 0 Å². The van der Waals surface area contributed by atoms with Crippen molar-refractivity contribution < 1.29 is 14.3 Å². The number of aldehydes is 1. The SMILES string of the molecule is COC(=O)c1nccc(Cl)c1Cn1cc(C=O)cn1. The Kier molecular flexibility index (Phi) is 3.91. The second-order valence-electron chi connectivity index (χ2n) is 3.70. The Morgan fingerprint density at radius 3 is 3.00 bits per heavy atom. The molecule has 0 aliphatic heterocycles. The van der Waals surface area contributed by atoms with Crippen molar-refractivity contribution in [3.8, 4) is 0 Å². The fourth-order valence-corrected chi connectivity index (χ4v) is 1.79. The van der Waals surface area contributed by atoms with Crippen LogP contribution in [0, 0.1) is 0 Å². The molecule has 19 heavy (non-hydrogen) atoms. The third-order valence-electron chi connectivity index (χ3n) is 2.49. The molecule has 0 aromatic carbocycles. The summed E-state index contributed by atoms with van der Waals surface area (Å²) in [6.07, 6.45) is 5.10. The van der Waals surface area contributed by atoms with Crippen LogP contribution in [-0.2, 0) is 11.3 Å². The highest BCUT2D eigenvalue weighted by atomic mass is 35.5. The van der Waals surface area contributed by atoms with Gasteiger partial charge in [0.2, 0.25) is 0 Å². The molecule has 0 atom stereocenters. The summed E-state index contributed by atoms with van der Waals surface area (Å²) in [6.45, 7) is 0.227. The van der Waals surface area contributed by atoms with Crippen LogP contribution in [0.3, 0.4) is 0 Å². The molecule has 0 amide bonds. The van der Waals surface area contributed by atoms with E-state index < -0.39 is 5.97 Å². The Morgan fingerprint density at radius 1 is 1.58 bits per heavy atom. The lowest BCUT2D eigenvalue weighted by molar-refractivity contribution is 0.0592. The second kappa shape index (κ2) is 5.62. The van der Waals surface area contributed by atoms with Crippen LogP contribution in [0.4, 0.5) is 0 Å². The first kappa shape index (κ1) is 13.2. The first-order chi connectivity index (χ1) is 9.15. The number of methoxy groups -OCH3 is 1. The van der Waals surface area contributed by atoms with E-state index >= 15 is 0 Å². The average molecular weight is 280 g/mol. The molecule has 0 bridgehead atoms. The van der Waals surface area contributed by atoms with Gasteiger partial charge in [-0.25, -0.2) is 9.78 Å². The van der Waals surface area contributed by atoms with Crippen LogP contribution in [0.25, 0.3) is 0 Å². The molecule has 0 radical (unpaired) electrons. The number of carbonyl (C=O) groups is 2. The van der Waals surface area contributed by atoms with Crippen molar-refractivity contribution in [2.24, 2.45) is 0 Å². The van der Waals surface area contributed by atoms with Crippen LogP contribution in [0.5, 0.6) is 0 Å². The molecule has 0 N–H and O–H groups in total. The number of esters is 1. The Balaban J connectivity index is 2.38. The Labute approximate surface area is 114 Å². The van der Waals surface area contributed by atoms with Crippen molar-refractivity contribution in [3.05, 3.63) is 46.5 Å². The van der Waals surface area contributed by atoms with Gasteiger partial charge in [0, 0.05) is 23.0 Å². The van der Waals surface area contributed by atoms with Gasteiger partial charge < -0.3 is 4.74 Å². The van der Waals surface area contributed by atoms with E-state index in [2.05, 4.69) is 14.8 Å². The van der Waals surface area contributed by atoms with Gasteiger partial charge in [-0.05, 0) is 6.07 Å². The lowest BCUT2D eigenvalue weighted by atomic mass is 10.2. The predicted octanol–water partition coefficient (Wildman–Crippen LogP) is 1.58. The summed E-state index contributed by atoms with van der Waals surface area (Å²) in [5.41, 5.74) is 1.08. The highest BCUT2D eigenvalue weighted by Crippen LogP contribution is 2.20. The van der Waals surface area contributed by atoms with E-state index in [1.165, 1.54) is 24.2 Å². The van der Waals surface area contributed by atoms with Gasteiger partial charge >= 0.3 is 5.97 Å². The molecule has 0 aliphatic carbocycles. The fraction of sp³-hybridized carbons (Fsp3) is 0.167. The third kappa shape index (κ3) is 2.79. The summed E-state index contributed by atoms with van der Waals surface area (Å²) in [5.74, 6) is -0.569. The minimum atomic E-state index is -0.569. The molecule has 6 nitrogen and oxygen atoms in total. The monoisotopic (exact) mass is 279 g/mol. The van der Waals surface area contributed by atoms with Crippen LogP contribution in [-0.4, -0.2) is 34.1 Å². The maximum absolute atomic E-state index is 11.6. The minimum Gasteiger partial charge on any atom is -0.464 e. The maximum atomic E-state index is 11.6. The average Bonchev–Trinajstić information content (AvgIpc) is 2.88. The van der Waals surface area contributed by atoms with Crippen LogP contribution in [0.1, 0.15) is 26.4 Å². The van der Waals surface area contributed by atoms with Gasteiger partial charge in [-0.1, -0.05) is 11.6 Å². The zero-order chi connectivity index (χ0) is 13.8. The van der Waals surface area contributed by atoms with Crippen LogP contribution in [0.2, 0.25) is 5.02 Å². The first-order valence-corrected chi connectivity index (χ1v) is 5.73. The van der Waals surface area contributed by atoms with Gasteiger partial charge in [0.25, 0.3) is 0 Å². The summed E-state index contributed by atoms with van der Waals surface area (Å²) >= 11 is 6.06. The maximum Gasteiger partial charge on any atom is 0.357 e. The van der Waals surface area contributed by atoms with E-state index in [1.807, 2.05) is 0 Å². The fourth-order valence-electron chi connectivity index (χ4n) is 1.58. The molecule has 0 fully saturated rings. The summed E-state index contributed by atoms with van der Waals surface area (Å²) in [4.78, 5) is 26.2. The summed E-state index contributed by atoms with van der Waals surface area (Å²) in [7, 11) is 1.27. The molecule has 0 spiro atoms. The Hall–Kier alpha value is -2.21. The van der Waals surface area contributed by atoms with Crippen molar-refractivity contribution in [3.63, 3.8) is 0 Å². The van der Waals surface area contributed by atoms with E-state index in [9.17, 15) is 9.59 Å². The highest BCUT2D eigenvalue weighted by molar-refractivity contribution is 6.31. The molecule has 7 heteroatoms. The topological polar surface area (TPSA) is 74.1 Å². The molecule has 0 aliphatic rings. The Bertz CT molecular complexity index is 624. The number of hydrogen-bond acceptors (Lipinski definition) is 5. The van der Waals surface area contributed by atoms with Gasteiger partial charge in [-0.2, -0.15) is 5.10 Å². The summed E-state index contributed by atoms with van der Waals surface area (Å²) < 4.78 is 6.15. The van der Waals surface area contributed by atoms with Gasteiger partial charge in [-0.15, -0.1) is 0 Å². The number of nitrogens with zero attached hydrogens (tertiary/aromatic N) is 3. The summed E-state index contributed by atoms with van der Waals surface area (Å²) in [6, 6.07) is 1.58. The second-order valence-corrected chi connectivity index (χ2v) is 4.11. The minimum absolute atomic E-state index is 0.137. The van der Waals surface area contributed by atoms with Crippen molar-refractivity contribution in [2.45, 2.75) is 6.54 Å². The molecule has 0 unspecified atom stereocenters. The zero-order valence-corrected chi connectivity index (χ0v) is 10.8. The normalized spacial score (nSPS) is 10.2. The van der Waals surface area contributed by atoms with E-state index in [-0.39, 0.29) is 12.2 Å². The van der Waals surface area contributed by atoms with Gasteiger partial charge in [-0.3, -0.25) is 9.48 Å². The molecule has 2 heterocycles. The Morgan fingerprint density at radius 2 is 2.37 bits per heavy atom. The third-order valence-corrected chi connectivity index (χ3v) is 2.84. The zero-order valence-electron chi connectivity index (χ0n) is 10.0. The highest BCUT2D eigenvalue weighted by Gasteiger charge is 2.17. The standard InChI is InChI=1S/C12H10ClN3O3/c1-19-12(18)11-9(10(13)2-3-14-11)6-16-5-8(7-17)4-15-16/h2-5,7H,6H2,1H3. The number of rotatable bonds is 4. The number of aromatic nitrogens is 3. The number of halogens is 1. The molecular formula is C12H10ClN3O3. The molecule has 2 aromatic heterocycles. The molecule has 2 rings (SSSR count). The van der Waals surface area contributed by atoms with E-state index in [4.69, 9.17) is 11.6 Å². The molecule has 0 saturated carbocycles. The van der Waals surface area contributed by atoms with Crippen molar-refractivity contribution in [2.75, 3.05) is 7.11 Å². The van der Waals surface area contributed by atoms with E-state index in [1.54, 1.807) is 12.3 Å². The van der Waals surface area contributed by atoms with E-state index in [0.29, 0.717) is 22.4 Å². The molecule has 0 saturated heterocycles. The van der Waals surface area contributed by atoms with Crippen molar-refractivity contribution >= 4 is 23.9 Å². The quantitative estimate of drug-likeness (QED) is 0.627. The van der Waals surface area contributed by atoms with Crippen LogP contribution < -0.4 is 0 Å². The van der Waals surface area contributed by atoms with E-state index in [0.717, 1.165) is 0 Å². The van der Waals surface area contributed by atoms with Gasteiger partial charge in [0.1, 0.15) is 0 Å². The van der Waals surface area contributed by atoms with Gasteiger partial charge in [0.05, 0.1) is 25.4 Å².